The first-order chi connectivity index (χ1) is 11.5. The first-order valence-corrected chi connectivity index (χ1v) is 7.08. The van der Waals surface area contributed by atoms with Gasteiger partial charge in [-0.05, 0) is 31.2 Å². The van der Waals surface area contributed by atoms with Gasteiger partial charge in [0, 0.05) is 29.3 Å². The van der Waals surface area contributed by atoms with Crippen LogP contribution in [0.3, 0.4) is 0 Å². The van der Waals surface area contributed by atoms with Crippen LogP contribution in [0.2, 0.25) is 0 Å². The normalized spacial score (nSPS) is 10.6. The molecule has 24 heavy (non-hydrogen) atoms. The second-order valence-electron chi connectivity index (χ2n) is 5.16. The van der Waals surface area contributed by atoms with Crippen LogP contribution in [0.1, 0.15) is 5.56 Å². The Hall–Kier alpha value is -3.35. The molecule has 1 aromatic heterocycles. The van der Waals surface area contributed by atoms with Crippen LogP contribution in [-0.2, 0) is 0 Å². The van der Waals surface area contributed by atoms with E-state index in [4.69, 9.17) is 9.47 Å². The molecule has 1 N–H and O–H groups in total. The molecule has 0 bridgehead atoms. The Morgan fingerprint density at radius 3 is 2.62 bits per heavy atom. The number of nitro benzene ring substituents is 1. The molecule has 122 valence electrons. The van der Waals surface area contributed by atoms with Gasteiger partial charge in [0.2, 0.25) is 0 Å². The Bertz CT molecular complexity index is 940. The zero-order chi connectivity index (χ0) is 17.3. The highest BCUT2D eigenvalue weighted by molar-refractivity contribution is 5.88. The van der Waals surface area contributed by atoms with Crippen molar-refractivity contribution in [3.63, 3.8) is 0 Å². The summed E-state index contributed by atoms with van der Waals surface area (Å²) in [7, 11) is 1.46. The number of aromatic hydroxyl groups is 1. The van der Waals surface area contributed by atoms with Crippen LogP contribution in [0.4, 0.5) is 5.69 Å². The molecular weight excluding hydrogens is 312 g/mol. The third kappa shape index (κ3) is 2.79. The number of aryl methyl sites for hydroxylation is 1. The number of rotatable bonds is 4. The lowest BCUT2D eigenvalue weighted by atomic mass is 10.1. The van der Waals surface area contributed by atoms with Crippen LogP contribution >= 0.6 is 0 Å². The molecule has 0 aliphatic rings. The second kappa shape index (κ2) is 6.04. The molecule has 0 amide bonds. The fourth-order valence-corrected chi connectivity index (χ4v) is 2.41. The first kappa shape index (κ1) is 15.5. The van der Waals surface area contributed by atoms with Crippen molar-refractivity contribution in [2.45, 2.75) is 6.92 Å². The number of hydrogen-bond acceptors (Lipinski definition) is 6. The van der Waals surface area contributed by atoms with E-state index < -0.39 is 4.92 Å². The predicted octanol–water partition coefficient (Wildman–Crippen LogP) is 3.96. The lowest BCUT2D eigenvalue weighted by molar-refractivity contribution is -0.385. The van der Waals surface area contributed by atoms with E-state index in [9.17, 15) is 15.2 Å². The fraction of sp³-hybridized carbons (Fsp3) is 0.118. The maximum absolute atomic E-state index is 10.9. The van der Waals surface area contributed by atoms with Crippen molar-refractivity contribution in [3.8, 4) is 23.0 Å². The Balaban J connectivity index is 2.04. The van der Waals surface area contributed by atoms with Gasteiger partial charge < -0.3 is 14.6 Å². The van der Waals surface area contributed by atoms with Crippen molar-refractivity contribution in [2.24, 2.45) is 0 Å². The van der Waals surface area contributed by atoms with Crippen molar-refractivity contribution in [1.82, 2.24) is 4.98 Å². The van der Waals surface area contributed by atoms with E-state index in [2.05, 4.69) is 4.98 Å². The van der Waals surface area contributed by atoms with Crippen LogP contribution in [0.15, 0.2) is 42.6 Å². The molecule has 3 rings (SSSR count). The summed E-state index contributed by atoms with van der Waals surface area (Å²) in [6.07, 6.45) is 1.56. The topological polar surface area (TPSA) is 94.7 Å². The lowest BCUT2D eigenvalue weighted by Gasteiger charge is -2.11. The Labute approximate surface area is 137 Å². The number of fused-ring (bicyclic) bond motifs is 1. The minimum atomic E-state index is -0.436. The summed E-state index contributed by atoms with van der Waals surface area (Å²) in [6.45, 7) is 1.65. The molecule has 0 unspecified atom stereocenters. The SMILES string of the molecule is COc1cc2c(Oc3ccc([N+](=O)[O-])c(C)c3)ccnc2cc1O. The largest absolute Gasteiger partial charge is 0.504 e. The molecule has 0 radical (unpaired) electrons. The first-order valence-electron chi connectivity index (χ1n) is 7.08. The molecule has 0 fully saturated rings. The number of pyridine rings is 1. The lowest BCUT2D eigenvalue weighted by Crippen LogP contribution is -1.93. The molecule has 2 aromatic carbocycles. The molecule has 0 saturated heterocycles. The smallest absolute Gasteiger partial charge is 0.272 e. The number of aromatic nitrogens is 1. The summed E-state index contributed by atoms with van der Waals surface area (Å²) in [5.41, 5.74) is 1.09. The van der Waals surface area contributed by atoms with Gasteiger partial charge in [-0.15, -0.1) is 0 Å². The van der Waals surface area contributed by atoms with Crippen molar-refractivity contribution in [1.29, 1.82) is 0 Å². The minimum Gasteiger partial charge on any atom is -0.504 e. The molecule has 0 atom stereocenters. The zero-order valence-corrected chi connectivity index (χ0v) is 13.0. The average Bonchev–Trinajstić information content (AvgIpc) is 2.54. The summed E-state index contributed by atoms with van der Waals surface area (Å²) >= 11 is 0. The fourth-order valence-electron chi connectivity index (χ4n) is 2.41. The van der Waals surface area contributed by atoms with Gasteiger partial charge in [0.25, 0.3) is 5.69 Å². The van der Waals surface area contributed by atoms with Crippen LogP contribution < -0.4 is 9.47 Å². The summed E-state index contributed by atoms with van der Waals surface area (Å²) in [4.78, 5) is 14.6. The Morgan fingerprint density at radius 1 is 1.17 bits per heavy atom. The summed E-state index contributed by atoms with van der Waals surface area (Å²) < 4.78 is 11.0. The predicted molar refractivity (Wildman–Crippen MR) is 87.9 cm³/mol. The van der Waals surface area contributed by atoms with E-state index in [-0.39, 0.29) is 11.4 Å². The van der Waals surface area contributed by atoms with E-state index in [0.717, 1.165) is 0 Å². The van der Waals surface area contributed by atoms with Gasteiger partial charge in [-0.25, -0.2) is 0 Å². The number of phenols is 1. The quantitative estimate of drug-likeness (QED) is 0.576. The van der Waals surface area contributed by atoms with Gasteiger partial charge in [0.15, 0.2) is 11.5 Å². The highest BCUT2D eigenvalue weighted by Gasteiger charge is 2.13. The van der Waals surface area contributed by atoms with Gasteiger partial charge in [-0.2, -0.15) is 0 Å². The van der Waals surface area contributed by atoms with Crippen LogP contribution in [0, 0.1) is 17.0 Å². The summed E-state index contributed by atoms with van der Waals surface area (Å²) in [5, 5.41) is 21.4. The van der Waals surface area contributed by atoms with Crippen molar-refractivity contribution < 1.29 is 19.5 Å². The molecule has 0 saturated carbocycles. The van der Waals surface area contributed by atoms with E-state index in [1.807, 2.05) is 0 Å². The number of nitro groups is 1. The second-order valence-corrected chi connectivity index (χ2v) is 5.16. The van der Waals surface area contributed by atoms with Crippen molar-refractivity contribution >= 4 is 16.6 Å². The van der Waals surface area contributed by atoms with E-state index in [1.165, 1.54) is 25.3 Å². The maximum Gasteiger partial charge on any atom is 0.272 e. The van der Waals surface area contributed by atoms with Crippen LogP contribution in [0.25, 0.3) is 10.9 Å². The number of benzene rings is 2. The third-order valence-electron chi connectivity index (χ3n) is 3.59. The molecular formula is C17H14N2O5. The van der Waals surface area contributed by atoms with Gasteiger partial charge in [-0.3, -0.25) is 15.1 Å². The number of methoxy groups -OCH3 is 1. The van der Waals surface area contributed by atoms with Crippen molar-refractivity contribution in [2.75, 3.05) is 7.11 Å². The third-order valence-corrected chi connectivity index (χ3v) is 3.59. The van der Waals surface area contributed by atoms with Gasteiger partial charge in [0.1, 0.15) is 11.5 Å². The summed E-state index contributed by atoms with van der Waals surface area (Å²) in [5.74, 6) is 1.27. The van der Waals surface area contributed by atoms with Gasteiger partial charge in [-0.1, -0.05) is 0 Å². The maximum atomic E-state index is 10.9. The van der Waals surface area contributed by atoms with Gasteiger partial charge in [0.05, 0.1) is 17.5 Å². The van der Waals surface area contributed by atoms with E-state index in [1.54, 1.807) is 31.3 Å². The summed E-state index contributed by atoms with van der Waals surface area (Å²) in [6, 6.07) is 9.33. The standard InChI is InChI=1S/C17H14N2O5/c1-10-7-11(3-4-14(10)19(21)22)24-16-5-6-18-13-9-15(20)17(23-2)8-12(13)16/h3-9,20H,1-2H3. The average molecular weight is 326 g/mol. The van der Waals surface area contributed by atoms with E-state index >= 15 is 0 Å². The molecule has 0 spiro atoms. The zero-order valence-electron chi connectivity index (χ0n) is 13.0. The molecule has 7 nitrogen and oxygen atoms in total. The number of nitrogens with zero attached hydrogens (tertiary/aromatic N) is 2. The number of phenolic OH excluding ortho intramolecular Hbond substituents is 1. The minimum absolute atomic E-state index is 0.0131. The molecule has 0 aliphatic heterocycles. The number of ether oxygens (including phenoxy) is 2. The molecule has 1 heterocycles. The Kier molecular flexibility index (Phi) is 3.91. The van der Waals surface area contributed by atoms with Gasteiger partial charge >= 0.3 is 0 Å². The molecule has 7 heteroatoms. The van der Waals surface area contributed by atoms with E-state index in [0.29, 0.717) is 33.7 Å². The molecule has 0 aliphatic carbocycles. The highest BCUT2D eigenvalue weighted by atomic mass is 16.6. The highest BCUT2D eigenvalue weighted by Crippen LogP contribution is 2.36. The number of hydrogen-bond donors (Lipinski definition) is 1. The van der Waals surface area contributed by atoms with Crippen LogP contribution in [-0.4, -0.2) is 22.1 Å². The Morgan fingerprint density at radius 2 is 1.96 bits per heavy atom. The monoisotopic (exact) mass is 326 g/mol. The van der Waals surface area contributed by atoms with Crippen LogP contribution in [0.5, 0.6) is 23.0 Å². The molecule has 3 aromatic rings. The van der Waals surface area contributed by atoms with Crippen molar-refractivity contribution in [3.05, 3.63) is 58.3 Å².